The highest BCUT2D eigenvalue weighted by atomic mass is 79.9. The maximum atomic E-state index is 13.8. The van der Waals surface area contributed by atoms with Gasteiger partial charge in [-0.2, -0.15) is 0 Å². The van der Waals surface area contributed by atoms with Crippen LogP contribution in [0.2, 0.25) is 0 Å². The Labute approximate surface area is 126 Å². The summed E-state index contributed by atoms with van der Waals surface area (Å²) in [7, 11) is 0. The van der Waals surface area contributed by atoms with Crippen molar-refractivity contribution in [3.63, 3.8) is 0 Å². The van der Waals surface area contributed by atoms with Crippen molar-refractivity contribution < 1.29 is 4.39 Å². The second-order valence-electron chi connectivity index (χ2n) is 5.22. The van der Waals surface area contributed by atoms with Crippen LogP contribution in [0.4, 0.5) is 4.39 Å². The van der Waals surface area contributed by atoms with Gasteiger partial charge in [-0.25, -0.2) is 9.37 Å². The van der Waals surface area contributed by atoms with E-state index in [0.717, 1.165) is 23.3 Å². The van der Waals surface area contributed by atoms with E-state index in [1.807, 2.05) is 0 Å². The number of imidazole rings is 1. The van der Waals surface area contributed by atoms with Crippen molar-refractivity contribution in [1.29, 1.82) is 0 Å². The van der Waals surface area contributed by atoms with Gasteiger partial charge < -0.3 is 4.57 Å². The molecule has 19 heavy (non-hydrogen) atoms. The third-order valence-electron chi connectivity index (χ3n) is 3.55. The Morgan fingerprint density at radius 3 is 2.68 bits per heavy atom. The minimum atomic E-state index is -0.266. The molecular weight excluding hydrogens is 331 g/mol. The molecule has 1 aromatic heterocycles. The molecule has 0 radical (unpaired) electrons. The molecule has 0 unspecified atom stereocenters. The van der Waals surface area contributed by atoms with E-state index in [-0.39, 0.29) is 11.4 Å². The highest BCUT2D eigenvalue weighted by molar-refractivity contribution is 9.10. The van der Waals surface area contributed by atoms with Gasteiger partial charge in [0.2, 0.25) is 0 Å². The van der Waals surface area contributed by atoms with Gasteiger partial charge in [0.15, 0.2) is 0 Å². The molecule has 2 aromatic rings. The molecule has 104 valence electrons. The zero-order valence-corrected chi connectivity index (χ0v) is 13.6. The predicted octanol–water partition coefficient (Wildman–Crippen LogP) is 4.86. The number of nitrogens with zero attached hydrogens (tertiary/aromatic N) is 2. The normalized spacial score (nSPS) is 12.3. The van der Waals surface area contributed by atoms with Crippen LogP contribution in [-0.4, -0.2) is 15.4 Å². The minimum Gasteiger partial charge on any atom is -0.322 e. The fraction of sp³-hybridized carbons (Fsp3) is 0.500. The number of halogens is 3. The molecule has 0 N–H and O–H groups in total. The summed E-state index contributed by atoms with van der Waals surface area (Å²) < 4.78 is 16.4. The lowest BCUT2D eigenvalue weighted by molar-refractivity contribution is 0.342. The van der Waals surface area contributed by atoms with Crippen LogP contribution in [0.3, 0.4) is 0 Å². The van der Waals surface area contributed by atoms with Gasteiger partial charge in [0.25, 0.3) is 0 Å². The molecule has 0 saturated carbocycles. The molecular formula is C14H17BrClFN2. The summed E-state index contributed by atoms with van der Waals surface area (Å²) in [5.74, 6) is 1.15. The molecule has 0 saturated heterocycles. The van der Waals surface area contributed by atoms with Crippen LogP contribution in [0.1, 0.15) is 33.0 Å². The number of fused-ring (bicyclic) bond motifs is 1. The standard InChI is InChI=1S/C14H17BrClFN2/c1-4-14(2,3)19-12-8-10(17)9(15)7-11(12)18-13(19)5-6-16/h7-8H,4-6H2,1-3H3. The van der Waals surface area contributed by atoms with Gasteiger partial charge in [0.1, 0.15) is 11.6 Å². The number of alkyl halides is 1. The monoisotopic (exact) mass is 346 g/mol. The van der Waals surface area contributed by atoms with Crippen LogP contribution in [0.15, 0.2) is 16.6 Å². The number of hydrogen-bond acceptors (Lipinski definition) is 1. The number of aromatic nitrogens is 2. The van der Waals surface area contributed by atoms with Gasteiger partial charge >= 0.3 is 0 Å². The van der Waals surface area contributed by atoms with Gasteiger partial charge in [-0.1, -0.05) is 6.92 Å². The van der Waals surface area contributed by atoms with Crippen LogP contribution in [0.5, 0.6) is 0 Å². The summed E-state index contributed by atoms with van der Waals surface area (Å²) in [6.07, 6.45) is 1.62. The predicted molar refractivity (Wildman–Crippen MR) is 81.4 cm³/mol. The fourth-order valence-corrected chi connectivity index (χ4v) is 2.71. The van der Waals surface area contributed by atoms with E-state index in [0.29, 0.717) is 16.8 Å². The first-order valence-corrected chi connectivity index (χ1v) is 7.66. The molecule has 0 spiro atoms. The maximum Gasteiger partial charge on any atom is 0.139 e. The van der Waals surface area contributed by atoms with Crippen molar-refractivity contribution in [2.75, 3.05) is 5.88 Å². The second kappa shape index (κ2) is 5.41. The number of hydrogen-bond donors (Lipinski definition) is 0. The van der Waals surface area contributed by atoms with E-state index in [2.05, 4.69) is 46.3 Å². The van der Waals surface area contributed by atoms with E-state index >= 15 is 0 Å². The number of aryl methyl sites for hydroxylation is 1. The Bertz CT molecular complexity index is 607. The molecule has 1 aromatic carbocycles. The highest BCUT2D eigenvalue weighted by Crippen LogP contribution is 2.31. The van der Waals surface area contributed by atoms with Crippen molar-refractivity contribution in [2.45, 2.75) is 39.2 Å². The van der Waals surface area contributed by atoms with E-state index < -0.39 is 0 Å². The van der Waals surface area contributed by atoms with E-state index in [4.69, 9.17) is 11.6 Å². The van der Waals surface area contributed by atoms with Crippen LogP contribution < -0.4 is 0 Å². The van der Waals surface area contributed by atoms with E-state index in [1.165, 1.54) is 0 Å². The third-order valence-corrected chi connectivity index (χ3v) is 4.35. The SMILES string of the molecule is CCC(C)(C)n1c(CCCl)nc2cc(Br)c(F)cc21. The topological polar surface area (TPSA) is 17.8 Å². The van der Waals surface area contributed by atoms with Crippen LogP contribution in [0.25, 0.3) is 11.0 Å². The smallest absolute Gasteiger partial charge is 0.139 e. The fourth-order valence-electron chi connectivity index (χ4n) is 2.21. The zero-order chi connectivity index (χ0) is 14.2. The summed E-state index contributed by atoms with van der Waals surface area (Å²) in [6, 6.07) is 3.27. The molecule has 0 amide bonds. The largest absolute Gasteiger partial charge is 0.322 e. The first-order valence-electron chi connectivity index (χ1n) is 6.33. The van der Waals surface area contributed by atoms with Gasteiger partial charge in [-0.05, 0) is 42.3 Å². The summed E-state index contributed by atoms with van der Waals surface area (Å²) in [5, 5.41) is 0. The van der Waals surface area contributed by atoms with E-state index in [9.17, 15) is 4.39 Å². The second-order valence-corrected chi connectivity index (χ2v) is 6.46. The summed E-state index contributed by atoms with van der Waals surface area (Å²) in [4.78, 5) is 4.60. The molecule has 5 heteroatoms. The lowest BCUT2D eigenvalue weighted by atomic mass is 10.0. The molecule has 0 fully saturated rings. The summed E-state index contributed by atoms with van der Waals surface area (Å²) >= 11 is 9.06. The molecule has 0 aliphatic heterocycles. The van der Waals surface area contributed by atoms with E-state index in [1.54, 1.807) is 12.1 Å². The molecule has 1 heterocycles. The summed E-state index contributed by atoms with van der Waals surface area (Å²) in [6.45, 7) is 6.38. The molecule has 0 atom stereocenters. The van der Waals surface area contributed by atoms with Gasteiger partial charge in [0.05, 0.1) is 15.5 Å². The van der Waals surface area contributed by atoms with Crippen LogP contribution >= 0.6 is 27.5 Å². The first kappa shape index (κ1) is 14.8. The van der Waals surface area contributed by atoms with Crippen molar-refractivity contribution in [1.82, 2.24) is 9.55 Å². The lowest BCUT2D eigenvalue weighted by Gasteiger charge is -2.28. The van der Waals surface area contributed by atoms with Crippen molar-refractivity contribution in [2.24, 2.45) is 0 Å². The molecule has 0 bridgehead atoms. The highest BCUT2D eigenvalue weighted by Gasteiger charge is 2.24. The zero-order valence-electron chi connectivity index (χ0n) is 11.3. The van der Waals surface area contributed by atoms with Gasteiger partial charge in [0, 0.05) is 23.9 Å². The summed E-state index contributed by atoms with van der Waals surface area (Å²) in [5.41, 5.74) is 1.51. The number of benzene rings is 1. The molecule has 2 rings (SSSR count). The molecule has 0 aliphatic rings. The Kier molecular flexibility index (Phi) is 4.21. The molecule has 2 nitrogen and oxygen atoms in total. The average molecular weight is 348 g/mol. The number of rotatable bonds is 4. The van der Waals surface area contributed by atoms with Crippen molar-refractivity contribution in [3.8, 4) is 0 Å². The quantitative estimate of drug-likeness (QED) is 0.722. The van der Waals surface area contributed by atoms with Crippen LogP contribution in [0, 0.1) is 5.82 Å². The average Bonchev–Trinajstić information content (AvgIpc) is 2.68. The van der Waals surface area contributed by atoms with Crippen molar-refractivity contribution in [3.05, 3.63) is 28.2 Å². The van der Waals surface area contributed by atoms with Gasteiger partial charge in [-0.15, -0.1) is 11.6 Å². The Hall–Kier alpha value is -0.610. The van der Waals surface area contributed by atoms with Crippen molar-refractivity contribution >= 4 is 38.6 Å². The minimum absolute atomic E-state index is 0.115. The van der Waals surface area contributed by atoms with Gasteiger partial charge in [-0.3, -0.25) is 0 Å². The Morgan fingerprint density at radius 2 is 2.11 bits per heavy atom. The lowest BCUT2D eigenvalue weighted by Crippen LogP contribution is -2.27. The van der Waals surface area contributed by atoms with Crippen LogP contribution in [-0.2, 0) is 12.0 Å². The Morgan fingerprint density at radius 1 is 1.42 bits per heavy atom. The third kappa shape index (κ3) is 2.65. The Balaban J connectivity index is 2.76. The maximum absolute atomic E-state index is 13.8. The first-order chi connectivity index (χ1) is 8.90. The molecule has 0 aliphatic carbocycles.